The van der Waals surface area contributed by atoms with E-state index < -0.39 is 162 Å². The van der Waals surface area contributed by atoms with Crippen molar-refractivity contribution in [2.24, 2.45) is 35.5 Å². The molecule has 1 heterocycles. The van der Waals surface area contributed by atoms with Crippen LogP contribution in [0.1, 0.15) is 162 Å². The zero-order valence-electron chi connectivity index (χ0n) is 58.5. The number of nitriles is 1. The fourth-order valence-electron chi connectivity index (χ4n) is 11.1. The molecule has 0 unspecified atom stereocenters. The molecule has 1 aliphatic rings. The normalized spacial score (nSPS) is 26.3. The van der Waals surface area contributed by atoms with E-state index in [1.165, 1.54) is 82.8 Å². The van der Waals surface area contributed by atoms with Gasteiger partial charge in [-0.3, -0.25) is 52.7 Å². The topological polar surface area (TPSA) is 312 Å². The van der Waals surface area contributed by atoms with Gasteiger partial charge in [-0.2, -0.15) is 5.26 Å². The van der Waals surface area contributed by atoms with Gasteiger partial charge in [-0.25, -0.2) is 0 Å². The predicted molar refractivity (Wildman–Crippen MR) is 344 cm³/mol. The molecule has 0 aromatic heterocycles. The zero-order valence-corrected chi connectivity index (χ0v) is 58.5. The molecular weight excluding hydrogens is 1160 g/mol. The standard InChI is InChI=1S/C65H114N12O13/c1-24-26-30-42(13)55(79)54-59(83)69-46(25-2)61(85)71(17)36-50(78)75(21)53(45(16)90-32-29-27-28-31-66)58(82)70-51(40(9)10)64(88)72(18)47(33-37(3)4)57(81)67-43(14)56(80)68-44(15)60(84)73(19)48(34-38(5)6)62(86)74(20)49(35-39(7)8)63(87)76(22)52(41(11)12)65(89)77(54)23/h24,26,37-49,51-55,79H,25,27-30,32-36H2,1-23H3,(H,67,81)(H,68,80)(H,69,83)(H,70,82)/t42-,43+,44-,45-,46+,47+,48+,49-,51+,52+,53+,54+,55-/m1/s1. The monoisotopic (exact) mass is 1270 g/mol. The zero-order chi connectivity index (χ0) is 69.5. The lowest BCUT2D eigenvalue weighted by atomic mass is 9.91. The minimum Gasteiger partial charge on any atom is -0.390 e. The van der Waals surface area contributed by atoms with Gasteiger partial charge in [0.2, 0.25) is 65.0 Å². The van der Waals surface area contributed by atoms with E-state index >= 15 is 9.59 Å². The maximum atomic E-state index is 15.2. The fraction of sp³-hybridized carbons (Fsp3) is 0.785. The number of carbonyl (C=O) groups is 11. The van der Waals surface area contributed by atoms with Crippen molar-refractivity contribution in [1.82, 2.24) is 55.6 Å². The number of aliphatic hydroxyl groups is 1. The molecule has 1 saturated heterocycles. The Labute approximate surface area is 537 Å². The van der Waals surface area contributed by atoms with Crippen LogP contribution in [0.5, 0.6) is 0 Å². The Morgan fingerprint density at radius 1 is 0.544 bits per heavy atom. The number of rotatable bonds is 19. The number of allylic oxidation sites excluding steroid dienone is 2. The largest absolute Gasteiger partial charge is 0.390 e. The SMILES string of the molecule is CC=CC[C@@H](C)[C@@H](O)[C@H]1C(=O)N[C@@H](CC)C(=O)N(C)CC(=O)N(C)[C@@H]([C@@H](C)OCCCCC#N)C(=O)N[C@@H](C(C)C)C(=O)N(C)[C@@H](CC(C)C)C(=O)N[C@@H](C)C(=O)N[C@H](C)C(=O)N(C)[C@@H](CC(C)C)C(=O)N(C)[C@H](CC(C)C)C(=O)N(C)[C@@H](C(C)C)C(=O)N1C. The third-order valence-corrected chi connectivity index (χ3v) is 16.8. The van der Waals surface area contributed by atoms with Gasteiger partial charge in [-0.05, 0) is 108 Å². The number of aliphatic hydroxyl groups excluding tert-OH is 1. The van der Waals surface area contributed by atoms with Crippen LogP contribution in [0.25, 0.3) is 0 Å². The number of amides is 11. The molecule has 0 radical (unpaired) electrons. The van der Waals surface area contributed by atoms with Crippen molar-refractivity contribution >= 4 is 65.0 Å². The fourth-order valence-corrected chi connectivity index (χ4v) is 11.1. The average Bonchev–Trinajstić information content (AvgIpc) is 0.863. The van der Waals surface area contributed by atoms with Crippen LogP contribution in [0.15, 0.2) is 12.2 Å². The van der Waals surface area contributed by atoms with Crippen LogP contribution < -0.4 is 21.3 Å². The highest BCUT2D eigenvalue weighted by Gasteiger charge is 2.46. The summed E-state index contributed by atoms with van der Waals surface area (Å²) < 4.78 is 6.11. The lowest BCUT2D eigenvalue weighted by molar-refractivity contribution is -0.157. The number of hydrogen-bond acceptors (Lipinski definition) is 14. The molecule has 0 bridgehead atoms. The molecule has 13 atom stereocenters. The Kier molecular flexibility index (Phi) is 34.6. The Morgan fingerprint density at radius 3 is 1.51 bits per heavy atom. The van der Waals surface area contributed by atoms with Gasteiger partial charge in [0.1, 0.15) is 60.4 Å². The minimum absolute atomic E-state index is 0.0155. The first-order chi connectivity index (χ1) is 41.8. The van der Waals surface area contributed by atoms with Gasteiger partial charge in [0.05, 0.1) is 24.8 Å². The second-order valence-electron chi connectivity index (χ2n) is 26.6. The maximum Gasteiger partial charge on any atom is 0.246 e. The van der Waals surface area contributed by atoms with Gasteiger partial charge < -0.3 is 65.4 Å². The molecule has 0 aliphatic carbocycles. The van der Waals surface area contributed by atoms with Crippen LogP contribution >= 0.6 is 0 Å². The van der Waals surface area contributed by atoms with Crippen molar-refractivity contribution in [3.8, 4) is 6.07 Å². The number of hydrogen-bond donors (Lipinski definition) is 5. The van der Waals surface area contributed by atoms with Gasteiger partial charge >= 0.3 is 0 Å². The Bertz CT molecular complexity index is 2500. The summed E-state index contributed by atoms with van der Waals surface area (Å²) in [5.41, 5.74) is 0. The molecule has 5 N–H and O–H groups in total. The number of unbranched alkanes of at least 4 members (excludes halogenated alkanes) is 2. The summed E-state index contributed by atoms with van der Waals surface area (Å²) in [5, 5.41) is 32.2. The molecule has 1 aliphatic heterocycles. The van der Waals surface area contributed by atoms with Gasteiger partial charge in [-0.1, -0.05) is 95.2 Å². The molecule has 11 amide bonds. The van der Waals surface area contributed by atoms with Crippen LogP contribution in [0, 0.1) is 46.8 Å². The first-order valence-corrected chi connectivity index (χ1v) is 32.1. The van der Waals surface area contributed by atoms with Crippen molar-refractivity contribution in [2.75, 3.05) is 62.5 Å². The number of nitrogens with one attached hydrogen (secondary N) is 4. The molecule has 0 saturated carbocycles. The molecule has 1 rings (SSSR count). The van der Waals surface area contributed by atoms with Gasteiger partial charge in [0.15, 0.2) is 0 Å². The third-order valence-electron chi connectivity index (χ3n) is 16.8. The molecule has 0 aromatic rings. The van der Waals surface area contributed by atoms with E-state index in [9.17, 15) is 48.3 Å². The van der Waals surface area contributed by atoms with Gasteiger partial charge in [0.25, 0.3) is 0 Å². The second kappa shape index (κ2) is 38.2. The van der Waals surface area contributed by atoms with Crippen molar-refractivity contribution in [1.29, 1.82) is 5.26 Å². The summed E-state index contributed by atoms with van der Waals surface area (Å²) >= 11 is 0. The van der Waals surface area contributed by atoms with Crippen LogP contribution in [-0.2, 0) is 57.5 Å². The van der Waals surface area contributed by atoms with Crippen LogP contribution in [-0.4, -0.2) is 239 Å². The molecule has 0 spiro atoms. The third kappa shape index (κ3) is 23.2. The Morgan fingerprint density at radius 2 is 1.02 bits per heavy atom. The van der Waals surface area contributed by atoms with Gasteiger partial charge in [0, 0.05) is 62.4 Å². The number of carbonyl (C=O) groups excluding carboxylic acids is 11. The highest BCUT2D eigenvalue weighted by Crippen LogP contribution is 2.26. The molecule has 90 heavy (non-hydrogen) atoms. The van der Waals surface area contributed by atoms with E-state index in [1.54, 1.807) is 67.5 Å². The summed E-state index contributed by atoms with van der Waals surface area (Å²) in [4.78, 5) is 170. The molecule has 0 aromatic carbocycles. The molecular formula is C65H114N12O13. The highest BCUT2D eigenvalue weighted by molar-refractivity contribution is 5.99. The van der Waals surface area contributed by atoms with E-state index in [0.29, 0.717) is 19.3 Å². The van der Waals surface area contributed by atoms with Crippen molar-refractivity contribution in [3.63, 3.8) is 0 Å². The average molecular weight is 1270 g/mol. The maximum absolute atomic E-state index is 15.2. The van der Waals surface area contributed by atoms with Crippen molar-refractivity contribution in [3.05, 3.63) is 12.2 Å². The van der Waals surface area contributed by atoms with E-state index in [4.69, 9.17) is 10.00 Å². The highest BCUT2D eigenvalue weighted by atomic mass is 16.5. The predicted octanol–water partition coefficient (Wildman–Crippen LogP) is 3.32. The summed E-state index contributed by atoms with van der Waals surface area (Å²) in [6.07, 6.45) is 2.89. The van der Waals surface area contributed by atoms with Gasteiger partial charge in [-0.15, -0.1) is 0 Å². The molecule has 25 heteroatoms. The van der Waals surface area contributed by atoms with Crippen molar-refractivity contribution in [2.45, 2.75) is 235 Å². The van der Waals surface area contributed by atoms with E-state index in [2.05, 4.69) is 27.3 Å². The van der Waals surface area contributed by atoms with E-state index in [-0.39, 0.29) is 56.5 Å². The smallest absolute Gasteiger partial charge is 0.246 e. The lowest BCUT2D eigenvalue weighted by Gasteiger charge is -2.41. The second-order valence-corrected chi connectivity index (χ2v) is 26.6. The van der Waals surface area contributed by atoms with Crippen LogP contribution in [0.3, 0.4) is 0 Å². The van der Waals surface area contributed by atoms with E-state index in [0.717, 1.165) is 14.7 Å². The van der Waals surface area contributed by atoms with Crippen LogP contribution in [0.2, 0.25) is 0 Å². The first-order valence-electron chi connectivity index (χ1n) is 32.1. The van der Waals surface area contributed by atoms with Crippen LogP contribution in [0.4, 0.5) is 0 Å². The van der Waals surface area contributed by atoms with E-state index in [1.807, 2.05) is 41.5 Å². The lowest BCUT2D eigenvalue weighted by Crippen LogP contribution is -2.63. The Hall–Kier alpha value is -6.68. The summed E-state index contributed by atoms with van der Waals surface area (Å²) in [7, 11) is 9.73. The Balaban J connectivity index is 4.39. The minimum atomic E-state index is -1.64. The number of ether oxygens (including phenoxy) is 1. The number of nitrogens with zero attached hydrogens (tertiary/aromatic N) is 8. The summed E-state index contributed by atoms with van der Waals surface area (Å²) in [6.45, 7) is 27.0. The summed E-state index contributed by atoms with van der Waals surface area (Å²) in [6, 6.07) is -10.9. The quantitative estimate of drug-likeness (QED) is 0.0916. The summed E-state index contributed by atoms with van der Waals surface area (Å²) in [5.74, 6) is -10.3. The molecule has 25 nitrogen and oxygen atoms in total. The van der Waals surface area contributed by atoms with Crippen molar-refractivity contribution < 1.29 is 62.6 Å². The number of likely N-dealkylation sites (N-methyl/N-ethyl adjacent to an activating group) is 7. The molecule has 1 fully saturated rings. The first kappa shape index (κ1) is 81.3. The molecule has 512 valence electrons.